The van der Waals surface area contributed by atoms with Crippen LogP contribution in [0.4, 0.5) is 0 Å². The first kappa shape index (κ1) is 64.2. The minimum atomic E-state index is -4.34. The molecule has 67 heavy (non-hydrogen) atoms. The van der Waals surface area contributed by atoms with Gasteiger partial charge in [-0.2, -0.15) is 0 Å². The summed E-state index contributed by atoms with van der Waals surface area (Å²) in [5, 5.41) is 13.8. The molecule has 0 saturated heterocycles. The molecule has 0 aliphatic rings. The number of carbonyl (C=O) groups is 1. The third-order valence-electron chi connectivity index (χ3n) is 11.2. The second-order valence-electron chi connectivity index (χ2n) is 18.9. The number of carbonyl (C=O) groups excluding carboxylic acids is 1. The molecule has 0 rings (SSSR count). The highest BCUT2D eigenvalue weighted by Crippen LogP contribution is 2.43. The van der Waals surface area contributed by atoms with Gasteiger partial charge in [0.1, 0.15) is 13.2 Å². The minimum Gasteiger partial charge on any atom is -0.387 e. The van der Waals surface area contributed by atoms with Gasteiger partial charge in [-0.05, 0) is 83.5 Å². The molecule has 8 nitrogen and oxygen atoms in total. The first-order valence-electron chi connectivity index (χ1n) is 26.8. The summed E-state index contributed by atoms with van der Waals surface area (Å²) >= 11 is 0. The van der Waals surface area contributed by atoms with E-state index in [1.807, 2.05) is 27.2 Å². The summed E-state index contributed by atoms with van der Waals surface area (Å²) in [6.45, 7) is 4.63. The Labute approximate surface area is 412 Å². The fraction of sp³-hybridized carbons (Fsp3) is 0.672. The van der Waals surface area contributed by atoms with Crippen molar-refractivity contribution in [2.45, 2.75) is 212 Å². The number of phosphoric acid groups is 1. The molecule has 0 aromatic carbocycles. The van der Waals surface area contributed by atoms with Gasteiger partial charge in [0.05, 0.1) is 39.9 Å². The van der Waals surface area contributed by atoms with Crippen molar-refractivity contribution in [1.82, 2.24) is 5.32 Å². The number of allylic oxidation sites excluding steroid dienone is 17. The number of aliphatic hydroxyl groups excluding tert-OH is 1. The molecule has 9 heteroatoms. The second-order valence-corrected chi connectivity index (χ2v) is 20.3. The molecule has 0 spiro atoms. The van der Waals surface area contributed by atoms with Crippen LogP contribution in [0.25, 0.3) is 0 Å². The van der Waals surface area contributed by atoms with Gasteiger partial charge in [-0.25, -0.2) is 4.57 Å². The third-order valence-corrected chi connectivity index (χ3v) is 12.2. The van der Waals surface area contributed by atoms with Crippen LogP contribution in [-0.4, -0.2) is 73.4 Å². The first-order chi connectivity index (χ1) is 32.5. The number of rotatable bonds is 47. The second kappa shape index (κ2) is 48.2. The number of unbranched alkanes of at least 4 members (excludes halogenated alkanes) is 18. The molecule has 3 unspecified atom stereocenters. The summed E-state index contributed by atoms with van der Waals surface area (Å²) in [7, 11) is 1.56. The lowest BCUT2D eigenvalue weighted by Gasteiger charge is -2.25. The fourth-order valence-electron chi connectivity index (χ4n) is 7.06. The van der Waals surface area contributed by atoms with Gasteiger partial charge in [-0.15, -0.1) is 0 Å². The van der Waals surface area contributed by atoms with Crippen LogP contribution in [0.15, 0.2) is 109 Å². The van der Waals surface area contributed by atoms with Crippen molar-refractivity contribution >= 4 is 13.7 Å². The number of hydrogen-bond acceptors (Lipinski definition) is 5. The lowest BCUT2D eigenvalue weighted by atomic mass is 10.0. The lowest BCUT2D eigenvalue weighted by Crippen LogP contribution is -2.45. The molecule has 3 atom stereocenters. The van der Waals surface area contributed by atoms with Crippen LogP contribution in [0.1, 0.15) is 200 Å². The summed E-state index contributed by atoms with van der Waals surface area (Å²) in [5.41, 5.74) is 0. The van der Waals surface area contributed by atoms with Gasteiger partial charge in [0.15, 0.2) is 0 Å². The quantitative estimate of drug-likeness (QED) is 0.0243. The van der Waals surface area contributed by atoms with E-state index in [1.165, 1.54) is 89.9 Å². The van der Waals surface area contributed by atoms with Gasteiger partial charge in [0.25, 0.3) is 0 Å². The Bertz CT molecular complexity index is 1450. The summed E-state index contributed by atoms with van der Waals surface area (Å²) in [4.78, 5) is 23.1. The molecule has 0 aliphatic heterocycles. The van der Waals surface area contributed by atoms with Gasteiger partial charge in [0, 0.05) is 6.42 Å². The molecule has 0 aromatic rings. The first-order valence-corrected chi connectivity index (χ1v) is 28.3. The number of hydrogen-bond donors (Lipinski definition) is 3. The van der Waals surface area contributed by atoms with E-state index in [9.17, 15) is 19.4 Å². The van der Waals surface area contributed by atoms with Crippen LogP contribution in [0, 0.1) is 0 Å². The number of amides is 1. The fourth-order valence-corrected chi connectivity index (χ4v) is 7.79. The van der Waals surface area contributed by atoms with Crippen LogP contribution in [0.5, 0.6) is 0 Å². The summed E-state index contributed by atoms with van der Waals surface area (Å²) in [6, 6.07) is -0.851. The standard InChI is InChI=1S/C58H101N2O6P/c1-6-8-10-12-14-16-17-18-19-20-21-22-23-24-25-26-27-28-29-30-31-32-33-34-35-36-37-38-39-40-41-42-43-44-46-48-50-52-58(62)59-56(55-66-67(63,64)65-54-53-60(3,4)5)57(61)51-49-47-45-15-13-11-9-7-2/h8,10,14,16,18-19,21-22,24-25,27-28,30-31,33-34,49,51,56-57,61H,6-7,9,11-13,15,17,20,23,26,29,32,35-48,50,52-55H2,1-5H3,(H-,59,62,63,64)/p+1/b10-8-,16-14-,19-18-,22-21-,25-24-,28-27-,31-30-,34-33-,51-49+. The third kappa shape index (κ3) is 50.9. The van der Waals surface area contributed by atoms with Crippen molar-refractivity contribution in [2.75, 3.05) is 40.9 Å². The maximum absolute atomic E-state index is 12.9. The highest BCUT2D eigenvalue weighted by molar-refractivity contribution is 7.47. The predicted molar refractivity (Wildman–Crippen MR) is 290 cm³/mol. The van der Waals surface area contributed by atoms with Crippen molar-refractivity contribution in [3.05, 3.63) is 109 Å². The van der Waals surface area contributed by atoms with E-state index >= 15 is 0 Å². The van der Waals surface area contributed by atoms with E-state index in [4.69, 9.17) is 9.05 Å². The number of likely N-dealkylation sites (N-methyl/N-ethyl adjacent to an activating group) is 1. The van der Waals surface area contributed by atoms with Crippen molar-refractivity contribution in [1.29, 1.82) is 0 Å². The lowest BCUT2D eigenvalue weighted by molar-refractivity contribution is -0.870. The molecule has 0 fully saturated rings. The molecular weight excluding hydrogens is 852 g/mol. The number of nitrogens with zero attached hydrogens (tertiary/aromatic N) is 1. The van der Waals surface area contributed by atoms with Crippen molar-refractivity contribution in [3.8, 4) is 0 Å². The Hall–Kier alpha value is -2.84. The zero-order valence-corrected chi connectivity index (χ0v) is 44.5. The van der Waals surface area contributed by atoms with Crippen LogP contribution < -0.4 is 5.32 Å². The highest BCUT2D eigenvalue weighted by Gasteiger charge is 2.27. The number of aliphatic hydroxyl groups is 1. The minimum absolute atomic E-state index is 0.0564. The van der Waals surface area contributed by atoms with Crippen LogP contribution in [0.2, 0.25) is 0 Å². The average molecular weight is 954 g/mol. The Balaban J connectivity index is 3.99. The normalized spacial score (nSPS) is 14.9. The Morgan fingerprint density at radius 3 is 1.31 bits per heavy atom. The Morgan fingerprint density at radius 2 is 0.896 bits per heavy atom. The number of quaternary nitrogens is 1. The zero-order chi connectivity index (χ0) is 49.2. The monoisotopic (exact) mass is 954 g/mol. The molecule has 1 amide bonds. The van der Waals surface area contributed by atoms with E-state index in [0.717, 1.165) is 89.9 Å². The van der Waals surface area contributed by atoms with Crippen molar-refractivity contribution in [3.63, 3.8) is 0 Å². The average Bonchev–Trinajstić information content (AvgIpc) is 3.29. The van der Waals surface area contributed by atoms with E-state index in [0.29, 0.717) is 17.4 Å². The van der Waals surface area contributed by atoms with Crippen LogP contribution in [0.3, 0.4) is 0 Å². The number of nitrogens with one attached hydrogen (secondary N) is 1. The molecule has 0 heterocycles. The van der Waals surface area contributed by atoms with E-state index in [-0.39, 0.29) is 19.1 Å². The summed E-state index contributed by atoms with van der Waals surface area (Å²) < 4.78 is 23.5. The van der Waals surface area contributed by atoms with Gasteiger partial charge in [-0.1, -0.05) is 220 Å². The molecule has 0 aromatic heterocycles. The molecule has 3 N–H and O–H groups in total. The maximum atomic E-state index is 12.9. The largest absolute Gasteiger partial charge is 0.472 e. The Kier molecular flexibility index (Phi) is 46.2. The molecular formula is C58H102N2O6P+. The predicted octanol–water partition coefficient (Wildman–Crippen LogP) is 16.0. The molecule has 0 bridgehead atoms. The van der Waals surface area contributed by atoms with Gasteiger partial charge >= 0.3 is 7.82 Å². The molecule has 0 radical (unpaired) electrons. The van der Waals surface area contributed by atoms with Gasteiger partial charge in [-0.3, -0.25) is 13.8 Å². The van der Waals surface area contributed by atoms with E-state index < -0.39 is 20.0 Å². The van der Waals surface area contributed by atoms with Gasteiger partial charge in [0.2, 0.25) is 5.91 Å². The van der Waals surface area contributed by atoms with Gasteiger partial charge < -0.3 is 19.8 Å². The SMILES string of the molecule is CC/C=C\C/C=C\C/C=C\C/C=C\C/C=C\C/C=C\C/C=C\C/C=C\CCCCCCCCCCCCCCC(=O)NC(COP(=O)(O)OCC[N+](C)(C)C)C(O)/C=C/CCCCCCCC. The van der Waals surface area contributed by atoms with E-state index in [1.54, 1.807) is 6.08 Å². The number of phosphoric ester groups is 1. The summed E-state index contributed by atoms with van der Waals surface area (Å²) in [5.74, 6) is -0.188. The maximum Gasteiger partial charge on any atom is 0.472 e. The van der Waals surface area contributed by atoms with Crippen molar-refractivity contribution in [2.24, 2.45) is 0 Å². The van der Waals surface area contributed by atoms with Crippen LogP contribution in [-0.2, 0) is 18.4 Å². The van der Waals surface area contributed by atoms with Crippen LogP contribution >= 0.6 is 7.82 Å². The van der Waals surface area contributed by atoms with E-state index in [2.05, 4.69) is 116 Å². The smallest absolute Gasteiger partial charge is 0.387 e. The molecule has 384 valence electrons. The Morgan fingerprint density at radius 1 is 0.522 bits per heavy atom. The molecule has 0 aliphatic carbocycles. The highest BCUT2D eigenvalue weighted by atomic mass is 31.2. The van der Waals surface area contributed by atoms with Crippen molar-refractivity contribution < 1.29 is 32.9 Å². The molecule has 0 saturated carbocycles. The topological polar surface area (TPSA) is 105 Å². The zero-order valence-electron chi connectivity index (χ0n) is 43.6. The summed E-state index contributed by atoms with van der Waals surface area (Å²) in [6.07, 6.45) is 70.6.